The summed E-state index contributed by atoms with van der Waals surface area (Å²) in [5.74, 6) is -1.02. The van der Waals surface area contributed by atoms with Gasteiger partial charge in [-0.25, -0.2) is 9.78 Å². The Kier molecular flexibility index (Phi) is 2.65. The van der Waals surface area contributed by atoms with Crippen LogP contribution < -0.4 is 5.32 Å². The predicted molar refractivity (Wildman–Crippen MR) is 46.7 cm³/mol. The summed E-state index contributed by atoms with van der Waals surface area (Å²) in [4.78, 5) is 14.1. The normalized spacial score (nSPS) is 10.2. The molecule has 0 aliphatic rings. The van der Waals surface area contributed by atoms with E-state index in [9.17, 15) is 4.79 Å². The van der Waals surface area contributed by atoms with Crippen LogP contribution in [0.1, 0.15) is 24.3 Å². The van der Waals surface area contributed by atoms with Crippen LogP contribution in [0.25, 0.3) is 0 Å². The summed E-state index contributed by atoms with van der Waals surface area (Å²) in [6, 6.07) is 0.206. The second-order valence-electron chi connectivity index (χ2n) is 2.59. The standard InChI is InChI=1S/C7H9N2O2S/c1-4(2)9-6-5(7(10)11)8-3-12-6/h4,9H,1-2H3,(H,10,11). The van der Waals surface area contributed by atoms with Crippen molar-refractivity contribution in [3.05, 3.63) is 11.2 Å². The highest BCUT2D eigenvalue weighted by Gasteiger charge is 2.13. The van der Waals surface area contributed by atoms with Crippen molar-refractivity contribution in [1.82, 2.24) is 4.98 Å². The molecule has 0 spiro atoms. The third-order valence-electron chi connectivity index (χ3n) is 1.14. The lowest BCUT2D eigenvalue weighted by atomic mass is 10.4. The molecule has 1 heterocycles. The fraction of sp³-hybridized carbons (Fsp3) is 0.429. The predicted octanol–water partition coefficient (Wildman–Crippen LogP) is 1.46. The molecule has 0 bridgehead atoms. The number of hydrogen-bond acceptors (Lipinski definition) is 4. The minimum Gasteiger partial charge on any atom is -0.476 e. The minimum absolute atomic E-state index is 0.0497. The lowest BCUT2D eigenvalue weighted by Crippen LogP contribution is -2.11. The van der Waals surface area contributed by atoms with Crippen molar-refractivity contribution in [3.8, 4) is 0 Å². The average Bonchev–Trinajstić information content (AvgIpc) is 2.33. The van der Waals surface area contributed by atoms with Crippen LogP contribution in [0.15, 0.2) is 0 Å². The average molecular weight is 185 g/mol. The molecule has 0 unspecified atom stereocenters. The van der Waals surface area contributed by atoms with Gasteiger partial charge < -0.3 is 10.4 Å². The summed E-state index contributed by atoms with van der Waals surface area (Å²) in [6.07, 6.45) is 0. The van der Waals surface area contributed by atoms with Crippen molar-refractivity contribution in [2.45, 2.75) is 19.9 Å². The zero-order valence-corrected chi connectivity index (χ0v) is 7.60. The molecule has 2 N–H and O–H groups in total. The van der Waals surface area contributed by atoms with Gasteiger partial charge in [0.2, 0.25) is 0 Å². The van der Waals surface area contributed by atoms with E-state index in [0.29, 0.717) is 5.00 Å². The summed E-state index contributed by atoms with van der Waals surface area (Å²) in [6.45, 7) is 3.87. The molecular formula is C7H9N2O2S. The molecule has 0 aliphatic heterocycles. The van der Waals surface area contributed by atoms with E-state index in [2.05, 4.69) is 15.8 Å². The fourth-order valence-electron chi connectivity index (χ4n) is 0.718. The molecule has 4 nitrogen and oxygen atoms in total. The number of rotatable bonds is 3. The molecule has 0 saturated carbocycles. The molecule has 1 aromatic heterocycles. The van der Waals surface area contributed by atoms with E-state index in [1.165, 1.54) is 11.3 Å². The van der Waals surface area contributed by atoms with Crippen molar-refractivity contribution in [2.75, 3.05) is 5.32 Å². The van der Waals surface area contributed by atoms with Crippen LogP contribution >= 0.6 is 11.3 Å². The molecule has 65 valence electrons. The number of nitrogens with zero attached hydrogens (tertiary/aromatic N) is 1. The third-order valence-corrected chi connectivity index (χ3v) is 1.84. The highest BCUT2D eigenvalue weighted by atomic mass is 32.1. The Morgan fingerprint density at radius 1 is 1.75 bits per heavy atom. The molecular weight excluding hydrogens is 176 g/mol. The van der Waals surface area contributed by atoms with Gasteiger partial charge in [-0.2, -0.15) is 0 Å². The van der Waals surface area contributed by atoms with Crippen molar-refractivity contribution in [2.24, 2.45) is 0 Å². The van der Waals surface area contributed by atoms with E-state index in [-0.39, 0.29) is 11.7 Å². The maximum absolute atomic E-state index is 10.5. The zero-order valence-electron chi connectivity index (χ0n) is 6.79. The van der Waals surface area contributed by atoms with Crippen LogP contribution in [0.5, 0.6) is 0 Å². The van der Waals surface area contributed by atoms with Crippen molar-refractivity contribution < 1.29 is 9.90 Å². The summed E-state index contributed by atoms with van der Waals surface area (Å²) in [7, 11) is 0. The molecule has 0 atom stereocenters. The van der Waals surface area contributed by atoms with Gasteiger partial charge in [0.25, 0.3) is 0 Å². The van der Waals surface area contributed by atoms with Gasteiger partial charge in [0.15, 0.2) is 11.2 Å². The zero-order chi connectivity index (χ0) is 9.14. The number of anilines is 1. The van der Waals surface area contributed by atoms with Gasteiger partial charge in [-0.15, -0.1) is 0 Å². The van der Waals surface area contributed by atoms with Crippen molar-refractivity contribution in [1.29, 1.82) is 0 Å². The van der Waals surface area contributed by atoms with Crippen LogP contribution in [0, 0.1) is 5.51 Å². The second-order valence-corrected chi connectivity index (χ2v) is 3.38. The Morgan fingerprint density at radius 3 is 2.92 bits per heavy atom. The molecule has 1 radical (unpaired) electrons. The highest BCUT2D eigenvalue weighted by Crippen LogP contribution is 2.20. The number of aromatic nitrogens is 1. The Balaban J connectivity index is 2.84. The molecule has 0 aliphatic carbocycles. The van der Waals surface area contributed by atoms with Crippen molar-refractivity contribution >= 4 is 22.3 Å². The summed E-state index contributed by atoms with van der Waals surface area (Å²) >= 11 is 1.18. The molecule has 5 heteroatoms. The van der Waals surface area contributed by atoms with Crippen LogP contribution in [-0.2, 0) is 0 Å². The van der Waals surface area contributed by atoms with Gasteiger partial charge in [-0.1, -0.05) is 11.3 Å². The Bertz CT molecular complexity index is 283. The first-order valence-corrected chi connectivity index (χ1v) is 4.29. The molecule has 0 aromatic carbocycles. The molecule has 0 amide bonds. The smallest absolute Gasteiger partial charge is 0.357 e. The summed E-state index contributed by atoms with van der Waals surface area (Å²) < 4.78 is 0. The molecule has 1 aromatic rings. The Morgan fingerprint density at radius 2 is 2.42 bits per heavy atom. The largest absolute Gasteiger partial charge is 0.476 e. The van der Waals surface area contributed by atoms with Gasteiger partial charge in [0, 0.05) is 6.04 Å². The van der Waals surface area contributed by atoms with Crippen molar-refractivity contribution in [3.63, 3.8) is 0 Å². The van der Waals surface area contributed by atoms with Gasteiger partial charge in [0.05, 0.1) is 0 Å². The number of nitrogens with one attached hydrogen (secondary N) is 1. The van der Waals surface area contributed by atoms with E-state index in [0.717, 1.165) is 0 Å². The number of aromatic carboxylic acids is 1. The van der Waals surface area contributed by atoms with Gasteiger partial charge >= 0.3 is 5.97 Å². The lowest BCUT2D eigenvalue weighted by Gasteiger charge is -2.06. The number of carboxylic acids is 1. The van der Waals surface area contributed by atoms with E-state index in [4.69, 9.17) is 5.11 Å². The Labute approximate surface area is 74.3 Å². The monoisotopic (exact) mass is 185 g/mol. The molecule has 1 rings (SSSR count). The third kappa shape index (κ3) is 1.94. The number of carbonyl (C=O) groups is 1. The molecule has 0 saturated heterocycles. The van der Waals surface area contributed by atoms with Crippen LogP contribution in [0.2, 0.25) is 0 Å². The summed E-state index contributed by atoms with van der Waals surface area (Å²) in [5.41, 5.74) is 2.58. The topological polar surface area (TPSA) is 62.2 Å². The van der Waals surface area contributed by atoms with E-state index >= 15 is 0 Å². The van der Waals surface area contributed by atoms with Gasteiger partial charge in [-0.3, -0.25) is 0 Å². The Hall–Kier alpha value is -1.10. The van der Waals surface area contributed by atoms with Crippen LogP contribution in [-0.4, -0.2) is 22.1 Å². The quantitative estimate of drug-likeness (QED) is 0.748. The van der Waals surface area contributed by atoms with Crippen LogP contribution in [0.4, 0.5) is 5.00 Å². The fourth-order valence-corrected chi connectivity index (χ4v) is 1.47. The molecule has 0 fully saturated rings. The highest BCUT2D eigenvalue weighted by molar-refractivity contribution is 7.13. The maximum Gasteiger partial charge on any atom is 0.357 e. The first-order valence-electron chi connectivity index (χ1n) is 3.48. The number of thiazole rings is 1. The summed E-state index contributed by atoms with van der Waals surface area (Å²) in [5, 5.41) is 12.2. The number of carboxylic acid groups (broad SMARTS) is 1. The van der Waals surface area contributed by atoms with Crippen LogP contribution in [0.3, 0.4) is 0 Å². The van der Waals surface area contributed by atoms with Gasteiger partial charge in [-0.05, 0) is 13.8 Å². The van der Waals surface area contributed by atoms with E-state index in [1.54, 1.807) is 0 Å². The van der Waals surface area contributed by atoms with E-state index in [1.807, 2.05) is 13.8 Å². The lowest BCUT2D eigenvalue weighted by molar-refractivity contribution is 0.0692. The maximum atomic E-state index is 10.5. The minimum atomic E-state index is -1.02. The van der Waals surface area contributed by atoms with Gasteiger partial charge in [0.1, 0.15) is 5.00 Å². The first kappa shape index (κ1) is 8.99. The molecule has 12 heavy (non-hydrogen) atoms. The van der Waals surface area contributed by atoms with E-state index < -0.39 is 5.97 Å². The second kappa shape index (κ2) is 3.53. The first-order chi connectivity index (χ1) is 5.61. The SMILES string of the molecule is CC(C)Nc1s[c]nc1C(=O)O. The number of hydrogen-bond donors (Lipinski definition) is 2.